The maximum Gasteiger partial charge on any atom is 0.444 e. The Balaban J connectivity index is 3.52. The van der Waals surface area contributed by atoms with Gasteiger partial charge in [-0.15, -0.1) is 0 Å². The summed E-state index contributed by atoms with van der Waals surface area (Å²) in [6.07, 6.45) is -13.4. The third kappa shape index (κ3) is 3.74. The van der Waals surface area contributed by atoms with Crippen LogP contribution in [-0.2, 0) is 23.8 Å². The molecule has 4 unspecified atom stereocenters. The molecule has 26 heavy (non-hydrogen) atoms. The Kier molecular flexibility index (Phi) is 6.21. The zero-order valence-corrected chi connectivity index (χ0v) is 13.5. The smallest absolute Gasteiger partial charge is 0.444 e. The van der Waals surface area contributed by atoms with Crippen LogP contribution < -0.4 is 0 Å². The lowest BCUT2D eigenvalue weighted by Gasteiger charge is -2.49. The second-order valence-electron chi connectivity index (χ2n) is 5.34. The molecule has 1 fully saturated rings. The number of ether oxygens (including phenoxy) is 3. The number of hydrogen-bond acceptors (Lipinski definition) is 7. The molecule has 0 aliphatic carbocycles. The molecule has 0 spiro atoms. The van der Waals surface area contributed by atoms with Gasteiger partial charge < -0.3 is 24.4 Å². The van der Waals surface area contributed by atoms with Crippen LogP contribution in [0.5, 0.6) is 0 Å². The standard InChI is InChI=1S/C13H16F6O7/c1-3-24-8(20)6-5-7(9(21)25-4-2)11(23,13(17,18)19)26-10(6,22)12(14,15)16/h6-7,22-23H,3-5H2,1-2H3. The molecular weight excluding hydrogens is 382 g/mol. The molecule has 1 aliphatic heterocycles. The van der Waals surface area contributed by atoms with E-state index in [9.17, 15) is 46.1 Å². The van der Waals surface area contributed by atoms with Crippen LogP contribution in [0.1, 0.15) is 20.3 Å². The number of alkyl halides is 6. The van der Waals surface area contributed by atoms with Gasteiger partial charge in [-0.3, -0.25) is 9.59 Å². The van der Waals surface area contributed by atoms with E-state index in [0.29, 0.717) is 0 Å². The molecule has 152 valence electrons. The van der Waals surface area contributed by atoms with E-state index in [0.717, 1.165) is 0 Å². The van der Waals surface area contributed by atoms with E-state index < -0.39 is 67.3 Å². The van der Waals surface area contributed by atoms with Crippen LogP contribution in [0, 0.1) is 11.8 Å². The summed E-state index contributed by atoms with van der Waals surface area (Å²) in [5.41, 5.74) is 0. The fourth-order valence-electron chi connectivity index (χ4n) is 2.44. The first-order chi connectivity index (χ1) is 11.7. The van der Waals surface area contributed by atoms with Crippen molar-refractivity contribution < 1.29 is 60.4 Å². The van der Waals surface area contributed by atoms with Gasteiger partial charge in [0.2, 0.25) is 0 Å². The monoisotopic (exact) mass is 398 g/mol. The van der Waals surface area contributed by atoms with Gasteiger partial charge in [-0.05, 0) is 20.3 Å². The van der Waals surface area contributed by atoms with Crippen LogP contribution in [0.25, 0.3) is 0 Å². The summed E-state index contributed by atoms with van der Waals surface area (Å²) in [6, 6.07) is 0. The van der Waals surface area contributed by atoms with Gasteiger partial charge in [0.15, 0.2) is 0 Å². The van der Waals surface area contributed by atoms with E-state index in [4.69, 9.17) is 0 Å². The van der Waals surface area contributed by atoms with Gasteiger partial charge in [0, 0.05) is 0 Å². The fourth-order valence-corrected chi connectivity index (χ4v) is 2.44. The second kappa shape index (κ2) is 7.19. The zero-order valence-electron chi connectivity index (χ0n) is 13.5. The molecule has 1 saturated heterocycles. The molecule has 7 nitrogen and oxygen atoms in total. The summed E-state index contributed by atoms with van der Waals surface area (Å²) in [5.74, 6) is -18.5. The summed E-state index contributed by atoms with van der Waals surface area (Å²) in [7, 11) is 0. The predicted molar refractivity (Wildman–Crippen MR) is 68.0 cm³/mol. The quantitative estimate of drug-likeness (QED) is 0.543. The average Bonchev–Trinajstić information content (AvgIpc) is 2.45. The number of aliphatic hydroxyl groups is 2. The molecule has 2 N–H and O–H groups in total. The summed E-state index contributed by atoms with van der Waals surface area (Å²) in [6.45, 7) is 1.47. The van der Waals surface area contributed by atoms with Crippen molar-refractivity contribution >= 4 is 11.9 Å². The summed E-state index contributed by atoms with van der Waals surface area (Å²) >= 11 is 0. The van der Waals surface area contributed by atoms with E-state index >= 15 is 0 Å². The largest absolute Gasteiger partial charge is 0.466 e. The first-order valence-corrected chi connectivity index (χ1v) is 7.27. The molecule has 0 bridgehead atoms. The van der Waals surface area contributed by atoms with Crippen LogP contribution in [0.15, 0.2) is 0 Å². The van der Waals surface area contributed by atoms with Crippen LogP contribution in [0.4, 0.5) is 26.3 Å². The molecule has 0 radical (unpaired) electrons. The number of esters is 2. The van der Waals surface area contributed by atoms with Gasteiger partial charge >= 0.3 is 24.3 Å². The number of carbonyl (C=O) groups excluding carboxylic acids is 2. The lowest BCUT2D eigenvalue weighted by atomic mass is 9.79. The van der Waals surface area contributed by atoms with Gasteiger partial charge in [-0.2, -0.15) is 26.3 Å². The molecule has 0 aromatic heterocycles. The van der Waals surface area contributed by atoms with Crippen LogP contribution >= 0.6 is 0 Å². The SMILES string of the molecule is CCOC(=O)C1CC(C(=O)OCC)C(O)(C(F)(F)F)OC1(O)C(F)(F)F. The molecule has 4 atom stereocenters. The molecule has 0 aromatic carbocycles. The third-order valence-electron chi connectivity index (χ3n) is 3.68. The zero-order chi connectivity index (χ0) is 20.6. The Morgan fingerprint density at radius 3 is 1.46 bits per heavy atom. The van der Waals surface area contributed by atoms with E-state index in [2.05, 4.69) is 14.2 Å². The molecule has 0 saturated carbocycles. The van der Waals surface area contributed by atoms with Crippen LogP contribution in [0.2, 0.25) is 0 Å². The molecule has 13 heteroatoms. The van der Waals surface area contributed by atoms with Crippen LogP contribution in [0.3, 0.4) is 0 Å². The topological polar surface area (TPSA) is 102 Å². The van der Waals surface area contributed by atoms with Crippen molar-refractivity contribution in [3.8, 4) is 0 Å². The number of carbonyl (C=O) groups is 2. The van der Waals surface area contributed by atoms with E-state index in [1.165, 1.54) is 13.8 Å². The highest BCUT2D eigenvalue weighted by Gasteiger charge is 2.77. The summed E-state index contributed by atoms with van der Waals surface area (Å²) < 4.78 is 91.5. The van der Waals surface area contributed by atoms with E-state index in [1.54, 1.807) is 0 Å². The number of rotatable bonds is 4. The van der Waals surface area contributed by atoms with Gasteiger partial charge in [0.1, 0.15) is 11.8 Å². The van der Waals surface area contributed by atoms with Crippen LogP contribution in [-0.4, -0.2) is 59.3 Å². The Morgan fingerprint density at radius 1 is 0.923 bits per heavy atom. The first kappa shape index (κ1) is 22.4. The lowest BCUT2D eigenvalue weighted by Crippen LogP contribution is -2.71. The van der Waals surface area contributed by atoms with Gasteiger partial charge in [0.05, 0.1) is 13.2 Å². The second-order valence-corrected chi connectivity index (χ2v) is 5.34. The van der Waals surface area contributed by atoms with E-state index in [1.807, 2.05) is 0 Å². The molecule has 0 amide bonds. The summed E-state index contributed by atoms with van der Waals surface area (Å²) in [5, 5.41) is 19.5. The van der Waals surface area contributed by atoms with Crippen molar-refractivity contribution in [1.82, 2.24) is 0 Å². The van der Waals surface area contributed by atoms with Crippen molar-refractivity contribution in [2.75, 3.05) is 13.2 Å². The van der Waals surface area contributed by atoms with E-state index in [-0.39, 0.29) is 0 Å². The number of halogens is 6. The summed E-state index contributed by atoms with van der Waals surface area (Å²) in [4.78, 5) is 23.5. The third-order valence-corrected chi connectivity index (χ3v) is 3.68. The molecular formula is C13H16F6O7. The van der Waals surface area contributed by atoms with Crippen molar-refractivity contribution in [1.29, 1.82) is 0 Å². The average molecular weight is 398 g/mol. The minimum atomic E-state index is -5.93. The van der Waals surface area contributed by atoms with Crippen molar-refractivity contribution in [2.45, 2.75) is 44.2 Å². The van der Waals surface area contributed by atoms with Crippen molar-refractivity contribution in [2.24, 2.45) is 11.8 Å². The van der Waals surface area contributed by atoms with Crippen molar-refractivity contribution in [3.05, 3.63) is 0 Å². The van der Waals surface area contributed by atoms with Crippen molar-refractivity contribution in [3.63, 3.8) is 0 Å². The maximum absolute atomic E-state index is 13.2. The Labute approximate surface area is 142 Å². The van der Waals surface area contributed by atoms with Gasteiger partial charge in [0.25, 0.3) is 11.6 Å². The first-order valence-electron chi connectivity index (χ1n) is 7.27. The molecule has 0 aromatic rings. The minimum Gasteiger partial charge on any atom is -0.466 e. The Bertz CT molecular complexity index is 502. The highest BCUT2D eigenvalue weighted by Crippen LogP contribution is 2.53. The normalized spacial score (nSPS) is 32.8. The molecule has 1 rings (SSSR count). The predicted octanol–water partition coefficient (Wildman–Crippen LogP) is 1.27. The highest BCUT2D eigenvalue weighted by atomic mass is 19.4. The molecule has 1 aliphatic rings. The van der Waals surface area contributed by atoms with Gasteiger partial charge in [-0.1, -0.05) is 0 Å². The maximum atomic E-state index is 13.2. The highest BCUT2D eigenvalue weighted by molar-refractivity contribution is 5.78. The fraction of sp³-hybridized carbons (Fsp3) is 0.846. The van der Waals surface area contributed by atoms with Gasteiger partial charge in [-0.25, -0.2) is 0 Å². The minimum absolute atomic E-state index is 0.461. The Morgan fingerprint density at radius 2 is 1.23 bits per heavy atom. The Hall–Kier alpha value is -1.60. The molecule has 1 heterocycles. The number of hydrogen-bond donors (Lipinski definition) is 2. The lowest BCUT2D eigenvalue weighted by molar-refractivity contribution is -0.504.